The molecule has 2 aliphatic rings. The van der Waals surface area contributed by atoms with Gasteiger partial charge in [-0.2, -0.15) is 0 Å². The topological polar surface area (TPSA) is 83.7 Å². The summed E-state index contributed by atoms with van der Waals surface area (Å²) in [5.74, 6) is -0.759. The average molecular weight is 391 g/mol. The number of benzene rings is 2. The third kappa shape index (κ3) is 4.16. The minimum Gasteiger partial charge on any atom is -0.366 e. The van der Waals surface area contributed by atoms with E-state index in [0.29, 0.717) is 18.7 Å². The van der Waals surface area contributed by atoms with E-state index in [4.69, 9.17) is 5.73 Å². The normalized spacial score (nSPS) is 18.7. The van der Waals surface area contributed by atoms with Crippen molar-refractivity contribution < 1.29 is 14.4 Å². The van der Waals surface area contributed by atoms with E-state index in [1.807, 2.05) is 48.2 Å². The molecule has 3 amide bonds. The van der Waals surface area contributed by atoms with Crippen molar-refractivity contribution in [1.29, 1.82) is 0 Å². The number of hydrogen-bond acceptors (Lipinski definition) is 3. The molecule has 0 radical (unpaired) electrons. The quantitative estimate of drug-likeness (QED) is 0.822. The fourth-order valence-corrected chi connectivity index (χ4v) is 3.83. The second kappa shape index (κ2) is 7.70. The third-order valence-electron chi connectivity index (χ3n) is 5.68. The zero-order chi connectivity index (χ0) is 20.5. The van der Waals surface area contributed by atoms with Crippen molar-refractivity contribution in [2.75, 3.05) is 11.4 Å². The SMILES string of the molecule is Cc1ccc(N2C[C@H](C(=O)N(Cc3ccc(C(N)=O)cc3)C3CC3)CC2=O)cc1. The van der Waals surface area contributed by atoms with Crippen LogP contribution in [-0.2, 0) is 16.1 Å². The molecule has 0 bridgehead atoms. The number of aryl methyl sites for hydroxylation is 1. The smallest absolute Gasteiger partial charge is 0.248 e. The van der Waals surface area contributed by atoms with Crippen LogP contribution in [-0.4, -0.2) is 35.2 Å². The molecule has 4 rings (SSSR count). The number of carbonyl (C=O) groups is 3. The molecule has 6 nitrogen and oxygen atoms in total. The summed E-state index contributed by atoms with van der Waals surface area (Å²) in [7, 11) is 0. The average Bonchev–Trinajstić information content (AvgIpc) is 3.48. The van der Waals surface area contributed by atoms with E-state index in [2.05, 4.69) is 0 Å². The maximum absolute atomic E-state index is 13.3. The number of rotatable bonds is 6. The lowest BCUT2D eigenvalue weighted by Crippen LogP contribution is -2.38. The molecule has 1 aliphatic heterocycles. The highest BCUT2D eigenvalue weighted by Gasteiger charge is 2.41. The molecule has 6 heteroatoms. The summed E-state index contributed by atoms with van der Waals surface area (Å²) >= 11 is 0. The molecule has 2 aromatic carbocycles. The van der Waals surface area contributed by atoms with Crippen molar-refractivity contribution in [3.63, 3.8) is 0 Å². The molecule has 2 aromatic rings. The predicted octanol–water partition coefficient (Wildman–Crippen LogP) is 2.64. The van der Waals surface area contributed by atoms with Gasteiger partial charge in [-0.25, -0.2) is 0 Å². The molecule has 2 N–H and O–H groups in total. The van der Waals surface area contributed by atoms with Crippen molar-refractivity contribution in [3.8, 4) is 0 Å². The first-order valence-electron chi connectivity index (χ1n) is 9.98. The van der Waals surface area contributed by atoms with Gasteiger partial charge in [-0.05, 0) is 49.6 Å². The number of hydrogen-bond donors (Lipinski definition) is 1. The number of amides is 3. The molecule has 1 heterocycles. The van der Waals surface area contributed by atoms with Gasteiger partial charge in [0.15, 0.2) is 0 Å². The first kappa shape index (κ1) is 19.2. The Labute approximate surface area is 170 Å². The van der Waals surface area contributed by atoms with Gasteiger partial charge in [0.25, 0.3) is 0 Å². The van der Waals surface area contributed by atoms with E-state index in [1.165, 1.54) is 0 Å². The van der Waals surface area contributed by atoms with Crippen LogP contribution in [0.1, 0.15) is 40.7 Å². The molecule has 1 saturated carbocycles. The monoisotopic (exact) mass is 391 g/mol. The standard InChI is InChI=1S/C23H25N3O3/c1-15-2-8-19(9-3-15)25-14-18(12-21(25)27)23(29)26(20-10-11-20)13-16-4-6-17(7-5-16)22(24)28/h2-9,18,20H,10-14H2,1H3,(H2,24,28)/t18-/m1/s1. The Balaban J connectivity index is 1.47. The molecule has 0 aromatic heterocycles. The summed E-state index contributed by atoms with van der Waals surface area (Å²) < 4.78 is 0. The van der Waals surface area contributed by atoms with E-state index in [-0.39, 0.29) is 30.2 Å². The lowest BCUT2D eigenvalue weighted by Gasteiger charge is -2.26. The van der Waals surface area contributed by atoms with Crippen molar-refractivity contribution in [3.05, 3.63) is 65.2 Å². The van der Waals surface area contributed by atoms with Gasteiger partial charge in [-0.1, -0.05) is 29.8 Å². The van der Waals surface area contributed by atoms with Crippen molar-refractivity contribution in [2.45, 2.75) is 38.8 Å². The van der Waals surface area contributed by atoms with Gasteiger partial charge in [0.2, 0.25) is 17.7 Å². The van der Waals surface area contributed by atoms with Gasteiger partial charge in [0.05, 0.1) is 5.92 Å². The Kier molecular flexibility index (Phi) is 5.09. The Bertz CT molecular complexity index is 933. The Morgan fingerprint density at radius 3 is 2.31 bits per heavy atom. The number of nitrogens with two attached hydrogens (primary N) is 1. The first-order valence-corrected chi connectivity index (χ1v) is 9.98. The van der Waals surface area contributed by atoms with Crippen molar-refractivity contribution >= 4 is 23.4 Å². The third-order valence-corrected chi connectivity index (χ3v) is 5.68. The largest absolute Gasteiger partial charge is 0.366 e. The van der Waals surface area contributed by atoms with Crippen LogP contribution in [0.2, 0.25) is 0 Å². The fraction of sp³-hybridized carbons (Fsp3) is 0.348. The van der Waals surface area contributed by atoms with Crippen LogP contribution in [0.15, 0.2) is 48.5 Å². The van der Waals surface area contributed by atoms with Crippen LogP contribution in [0.5, 0.6) is 0 Å². The maximum Gasteiger partial charge on any atom is 0.248 e. The molecule has 0 unspecified atom stereocenters. The highest BCUT2D eigenvalue weighted by atomic mass is 16.2. The molecule has 2 fully saturated rings. The fourth-order valence-electron chi connectivity index (χ4n) is 3.83. The summed E-state index contributed by atoms with van der Waals surface area (Å²) in [6, 6.07) is 15.1. The maximum atomic E-state index is 13.3. The van der Waals surface area contributed by atoms with Gasteiger partial charge in [0.1, 0.15) is 0 Å². The molecule has 1 saturated heterocycles. The predicted molar refractivity (Wildman–Crippen MR) is 110 cm³/mol. The minimum atomic E-state index is -0.465. The number of primary amides is 1. The minimum absolute atomic E-state index is 0.00578. The van der Waals surface area contributed by atoms with Crippen LogP contribution in [0.4, 0.5) is 5.69 Å². The van der Waals surface area contributed by atoms with Gasteiger partial charge in [0, 0.05) is 36.8 Å². The van der Waals surface area contributed by atoms with Gasteiger partial charge in [-0.15, -0.1) is 0 Å². The molecule has 29 heavy (non-hydrogen) atoms. The number of anilines is 1. The second-order valence-corrected chi connectivity index (χ2v) is 8.00. The lowest BCUT2D eigenvalue weighted by molar-refractivity contribution is -0.137. The zero-order valence-electron chi connectivity index (χ0n) is 16.5. The summed E-state index contributed by atoms with van der Waals surface area (Å²) in [6.07, 6.45) is 2.23. The molecule has 0 spiro atoms. The second-order valence-electron chi connectivity index (χ2n) is 8.00. The van der Waals surface area contributed by atoms with E-state index >= 15 is 0 Å². The van der Waals surface area contributed by atoms with Crippen molar-refractivity contribution in [1.82, 2.24) is 4.90 Å². The summed E-state index contributed by atoms with van der Waals surface area (Å²) in [4.78, 5) is 40.7. The number of nitrogens with zero attached hydrogens (tertiary/aromatic N) is 2. The van der Waals surface area contributed by atoms with Crippen LogP contribution in [0, 0.1) is 12.8 Å². The van der Waals surface area contributed by atoms with E-state index < -0.39 is 5.91 Å². The van der Waals surface area contributed by atoms with Gasteiger partial charge >= 0.3 is 0 Å². The van der Waals surface area contributed by atoms with Gasteiger partial charge < -0.3 is 15.5 Å². The van der Waals surface area contributed by atoms with E-state index in [0.717, 1.165) is 29.7 Å². The Hall–Kier alpha value is -3.15. The molecule has 1 atom stereocenters. The molecular formula is C23H25N3O3. The van der Waals surface area contributed by atoms with Crippen LogP contribution in [0.25, 0.3) is 0 Å². The van der Waals surface area contributed by atoms with Gasteiger partial charge in [-0.3, -0.25) is 14.4 Å². The van der Waals surface area contributed by atoms with Crippen LogP contribution < -0.4 is 10.6 Å². The summed E-state index contributed by atoms with van der Waals surface area (Å²) in [5.41, 5.74) is 8.68. The van der Waals surface area contributed by atoms with E-state index in [9.17, 15) is 14.4 Å². The first-order chi connectivity index (χ1) is 13.9. The van der Waals surface area contributed by atoms with Crippen LogP contribution in [0.3, 0.4) is 0 Å². The van der Waals surface area contributed by atoms with Crippen LogP contribution >= 0.6 is 0 Å². The highest BCUT2D eigenvalue weighted by Crippen LogP contribution is 2.33. The highest BCUT2D eigenvalue weighted by molar-refractivity contribution is 6.00. The summed E-state index contributed by atoms with van der Waals surface area (Å²) in [5, 5.41) is 0. The number of carbonyl (C=O) groups excluding carboxylic acids is 3. The lowest BCUT2D eigenvalue weighted by atomic mass is 10.1. The molecular weight excluding hydrogens is 366 g/mol. The molecule has 1 aliphatic carbocycles. The zero-order valence-corrected chi connectivity index (χ0v) is 16.5. The Morgan fingerprint density at radius 1 is 1.07 bits per heavy atom. The Morgan fingerprint density at radius 2 is 1.72 bits per heavy atom. The van der Waals surface area contributed by atoms with E-state index in [1.54, 1.807) is 17.0 Å². The van der Waals surface area contributed by atoms with Crippen molar-refractivity contribution in [2.24, 2.45) is 11.7 Å². The summed E-state index contributed by atoms with van der Waals surface area (Å²) in [6.45, 7) is 2.91. The molecule has 150 valence electrons.